The third-order valence-corrected chi connectivity index (χ3v) is 1.40. The number of rotatable bonds is 2. The molecule has 1 aromatic rings. The van der Waals surface area contributed by atoms with Crippen molar-refractivity contribution in [3.05, 3.63) is 35.4 Å². The molecule has 0 saturated heterocycles. The van der Waals surface area contributed by atoms with E-state index in [4.69, 9.17) is 5.21 Å². The normalized spacial score (nSPS) is 8.67. The van der Waals surface area contributed by atoms with Crippen LogP contribution in [0.3, 0.4) is 0 Å². The van der Waals surface area contributed by atoms with Gasteiger partial charge in [0.1, 0.15) is 0 Å². The van der Waals surface area contributed by atoms with Gasteiger partial charge in [-0.25, -0.2) is 5.48 Å². The van der Waals surface area contributed by atoms with Crippen LogP contribution in [0.5, 0.6) is 0 Å². The van der Waals surface area contributed by atoms with Gasteiger partial charge in [-0.3, -0.25) is 0 Å². The van der Waals surface area contributed by atoms with Crippen LogP contribution in [0.25, 0.3) is 0 Å². The summed E-state index contributed by atoms with van der Waals surface area (Å²) >= 11 is 0. The Bertz CT molecular complexity index is 193. The average Bonchev–Trinajstić information content (AvgIpc) is 2.13. The van der Waals surface area contributed by atoms with Gasteiger partial charge in [0.05, 0.1) is 0 Å². The topological polar surface area (TPSA) is 32.3 Å². The van der Waals surface area contributed by atoms with E-state index in [0.29, 0.717) is 6.54 Å². The summed E-state index contributed by atoms with van der Waals surface area (Å²) in [6.07, 6.45) is 0. The summed E-state index contributed by atoms with van der Waals surface area (Å²) in [6.45, 7) is 6.55. The van der Waals surface area contributed by atoms with Gasteiger partial charge in [0.25, 0.3) is 0 Å². The second-order valence-electron chi connectivity index (χ2n) is 2.32. The zero-order chi connectivity index (χ0) is 9.40. The number of hydrogen-bond acceptors (Lipinski definition) is 2. The third kappa shape index (κ3) is 4.11. The second-order valence-corrected chi connectivity index (χ2v) is 2.32. The first-order valence-electron chi connectivity index (χ1n) is 4.25. The summed E-state index contributed by atoms with van der Waals surface area (Å²) in [5, 5.41) is 8.34. The third-order valence-electron chi connectivity index (χ3n) is 1.40. The SMILES string of the molecule is CC.Cc1ccc(CNO)cc1. The minimum atomic E-state index is 0.514. The van der Waals surface area contributed by atoms with Gasteiger partial charge < -0.3 is 5.21 Å². The Morgan fingerprint density at radius 2 is 1.67 bits per heavy atom. The van der Waals surface area contributed by atoms with Gasteiger partial charge in [0.2, 0.25) is 0 Å². The summed E-state index contributed by atoms with van der Waals surface area (Å²) < 4.78 is 0. The fourth-order valence-electron chi connectivity index (χ4n) is 0.797. The number of hydrogen-bond donors (Lipinski definition) is 2. The lowest BCUT2D eigenvalue weighted by molar-refractivity contribution is 0.161. The summed E-state index contributed by atoms with van der Waals surface area (Å²) in [7, 11) is 0. The highest BCUT2D eigenvalue weighted by Crippen LogP contribution is 2.01. The van der Waals surface area contributed by atoms with Crippen molar-refractivity contribution in [2.45, 2.75) is 27.3 Å². The number of nitrogens with one attached hydrogen (secondary N) is 1. The molecule has 1 aromatic carbocycles. The van der Waals surface area contributed by atoms with Crippen LogP contribution in [0.1, 0.15) is 25.0 Å². The van der Waals surface area contributed by atoms with Crippen LogP contribution in [0, 0.1) is 6.92 Å². The van der Waals surface area contributed by atoms with E-state index in [2.05, 4.69) is 5.48 Å². The Morgan fingerprint density at radius 3 is 2.08 bits per heavy atom. The molecule has 0 aliphatic heterocycles. The van der Waals surface area contributed by atoms with Crippen molar-refractivity contribution in [3.8, 4) is 0 Å². The minimum absolute atomic E-state index is 0.514. The van der Waals surface area contributed by atoms with E-state index >= 15 is 0 Å². The molecular weight excluding hydrogens is 150 g/mol. The monoisotopic (exact) mass is 167 g/mol. The van der Waals surface area contributed by atoms with Crippen LogP contribution in [0.4, 0.5) is 0 Å². The van der Waals surface area contributed by atoms with Gasteiger partial charge in [0.15, 0.2) is 0 Å². The number of aryl methyl sites for hydroxylation is 1. The van der Waals surface area contributed by atoms with Crippen LogP contribution in [-0.4, -0.2) is 5.21 Å². The first-order chi connectivity index (χ1) is 5.83. The molecule has 0 saturated carbocycles. The molecule has 0 atom stereocenters. The average molecular weight is 167 g/mol. The number of hydroxylamine groups is 1. The summed E-state index contributed by atoms with van der Waals surface area (Å²) in [6, 6.07) is 8.01. The predicted molar refractivity (Wildman–Crippen MR) is 51.2 cm³/mol. The Labute approximate surface area is 74.2 Å². The first-order valence-corrected chi connectivity index (χ1v) is 4.25. The highest BCUT2D eigenvalue weighted by atomic mass is 16.5. The van der Waals surface area contributed by atoms with E-state index in [1.54, 1.807) is 0 Å². The maximum absolute atomic E-state index is 8.34. The van der Waals surface area contributed by atoms with Crippen LogP contribution < -0.4 is 5.48 Å². The smallest absolute Gasteiger partial charge is 0.0458 e. The van der Waals surface area contributed by atoms with E-state index in [9.17, 15) is 0 Å². The quantitative estimate of drug-likeness (QED) is 0.663. The summed E-state index contributed by atoms with van der Waals surface area (Å²) in [4.78, 5) is 0. The van der Waals surface area contributed by atoms with Crippen LogP contribution in [0.2, 0.25) is 0 Å². The highest BCUT2D eigenvalue weighted by molar-refractivity contribution is 5.20. The second kappa shape index (κ2) is 6.83. The van der Waals surface area contributed by atoms with E-state index < -0.39 is 0 Å². The molecule has 68 valence electrons. The maximum Gasteiger partial charge on any atom is 0.0458 e. The van der Waals surface area contributed by atoms with Crippen molar-refractivity contribution in [1.29, 1.82) is 0 Å². The fourth-order valence-corrected chi connectivity index (χ4v) is 0.797. The highest BCUT2D eigenvalue weighted by Gasteiger charge is 1.88. The molecule has 0 aliphatic rings. The molecule has 2 heteroatoms. The van der Waals surface area contributed by atoms with Crippen molar-refractivity contribution in [2.75, 3.05) is 0 Å². The van der Waals surface area contributed by atoms with E-state index in [1.807, 2.05) is 45.0 Å². The molecular formula is C10H17NO. The Morgan fingerprint density at radius 1 is 1.17 bits per heavy atom. The lowest BCUT2D eigenvalue weighted by Gasteiger charge is -1.97. The standard InChI is InChI=1S/C8H11NO.C2H6/c1-7-2-4-8(5-3-7)6-9-10;1-2/h2-5,9-10H,6H2,1H3;1-2H3. The molecule has 0 radical (unpaired) electrons. The zero-order valence-corrected chi connectivity index (χ0v) is 7.96. The molecule has 0 aliphatic carbocycles. The zero-order valence-electron chi connectivity index (χ0n) is 7.96. The molecule has 12 heavy (non-hydrogen) atoms. The molecule has 0 bridgehead atoms. The van der Waals surface area contributed by atoms with Gasteiger partial charge in [-0.2, -0.15) is 0 Å². The largest absolute Gasteiger partial charge is 0.316 e. The summed E-state index contributed by atoms with van der Waals surface area (Å²) in [5.41, 5.74) is 4.43. The van der Waals surface area contributed by atoms with Crippen molar-refractivity contribution in [3.63, 3.8) is 0 Å². The molecule has 0 spiro atoms. The Hall–Kier alpha value is -0.860. The van der Waals surface area contributed by atoms with E-state index in [0.717, 1.165) is 5.56 Å². The van der Waals surface area contributed by atoms with Gasteiger partial charge in [0, 0.05) is 6.54 Å². The molecule has 2 nitrogen and oxygen atoms in total. The molecule has 1 rings (SSSR count). The summed E-state index contributed by atoms with van der Waals surface area (Å²) in [5.74, 6) is 0. The molecule has 0 heterocycles. The van der Waals surface area contributed by atoms with Gasteiger partial charge in [-0.05, 0) is 12.5 Å². The van der Waals surface area contributed by atoms with Crippen LogP contribution in [-0.2, 0) is 6.54 Å². The maximum atomic E-state index is 8.34. The molecule has 0 fully saturated rings. The Kier molecular flexibility index (Phi) is 6.34. The van der Waals surface area contributed by atoms with Crippen LogP contribution >= 0.6 is 0 Å². The van der Waals surface area contributed by atoms with Crippen LogP contribution in [0.15, 0.2) is 24.3 Å². The van der Waals surface area contributed by atoms with Crippen molar-refractivity contribution >= 4 is 0 Å². The first kappa shape index (κ1) is 11.1. The molecule has 0 aromatic heterocycles. The van der Waals surface area contributed by atoms with Crippen molar-refractivity contribution in [1.82, 2.24) is 5.48 Å². The van der Waals surface area contributed by atoms with Crippen molar-refractivity contribution in [2.24, 2.45) is 0 Å². The lowest BCUT2D eigenvalue weighted by Crippen LogP contribution is -2.05. The van der Waals surface area contributed by atoms with Gasteiger partial charge in [-0.1, -0.05) is 43.7 Å². The number of benzene rings is 1. The molecule has 0 unspecified atom stereocenters. The van der Waals surface area contributed by atoms with Crippen molar-refractivity contribution < 1.29 is 5.21 Å². The van der Waals surface area contributed by atoms with E-state index in [1.165, 1.54) is 5.56 Å². The fraction of sp³-hybridized carbons (Fsp3) is 0.400. The lowest BCUT2D eigenvalue weighted by atomic mass is 10.2. The molecule has 2 N–H and O–H groups in total. The Balaban J connectivity index is 0.000000561. The predicted octanol–water partition coefficient (Wildman–Crippen LogP) is 2.50. The van der Waals surface area contributed by atoms with Gasteiger partial charge in [-0.15, -0.1) is 0 Å². The van der Waals surface area contributed by atoms with Gasteiger partial charge >= 0.3 is 0 Å². The molecule has 0 amide bonds. The minimum Gasteiger partial charge on any atom is -0.316 e. The van der Waals surface area contributed by atoms with E-state index in [-0.39, 0.29) is 0 Å².